The number of likely N-dealkylation sites (N-methyl/N-ethyl adjacent to an activating group) is 2. The van der Waals surface area contributed by atoms with Crippen molar-refractivity contribution in [3.63, 3.8) is 0 Å². The van der Waals surface area contributed by atoms with Crippen LogP contribution in [0, 0.1) is 0 Å². The minimum atomic E-state index is 0.433. The van der Waals surface area contributed by atoms with Crippen LogP contribution in [-0.4, -0.2) is 49.1 Å². The van der Waals surface area contributed by atoms with Crippen LogP contribution in [0.4, 0.5) is 0 Å². The summed E-state index contributed by atoms with van der Waals surface area (Å²) in [4.78, 5) is 7.92. The number of nitrogens with one attached hydrogen (secondary N) is 1. The van der Waals surface area contributed by atoms with Crippen LogP contribution in [0.2, 0.25) is 0 Å². The molecule has 21 heavy (non-hydrogen) atoms. The van der Waals surface area contributed by atoms with Crippen molar-refractivity contribution < 1.29 is 0 Å². The maximum atomic E-state index is 3.60. The fourth-order valence-electron chi connectivity index (χ4n) is 3.29. The molecular formula is C17H29N3S. The van der Waals surface area contributed by atoms with Crippen LogP contribution in [0.15, 0.2) is 12.1 Å². The van der Waals surface area contributed by atoms with Crippen molar-refractivity contribution >= 4 is 11.3 Å². The van der Waals surface area contributed by atoms with Crippen LogP contribution in [-0.2, 0) is 13.1 Å². The second kappa shape index (κ2) is 6.37. The first-order valence-electron chi connectivity index (χ1n) is 8.24. The van der Waals surface area contributed by atoms with Crippen LogP contribution < -0.4 is 5.32 Å². The monoisotopic (exact) mass is 307 g/mol. The molecule has 0 aromatic carbocycles. The molecule has 1 aromatic rings. The summed E-state index contributed by atoms with van der Waals surface area (Å²) in [6, 6.07) is 5.42. The highest BCUT2D eigenvalue weighted by molar-refractivity contribution is 7.11. The summed E-state index contributed by atoms with van der Waals surface area (Å²) >= 11 is 1.97. The van der Waals surface area contributed by atoms with Crippen molar-refractivity contribution in [2.24, 2.45) is 0 Å². The Morgan fingerprint density at radius 1 is 1.19 bits per heavy atom. The third-order valence-corrected chi connectivity index (χ3v) is 6.15. The molecule has 2 aliphatic rings. The Morgan fingerprint density at radius 3 is 2.48 bits per heavy atom. The van der Waals surface area contributed by atoms with Crippen LogP contribution in [0.1, 0.15) is 41.9 Å². The summed E-state index contributed by atoms with van der Waals surface area (Å²) in [6.07, 6.45) is 6.83. The van der Waals surface area contributed by atoms with E-state index in [1.807, 2.05) is 11.3 Å². The van der Waals surface area contributed by atoms with Crippen molar-refractivity contribution in [3.8, 4) is 0 Å². The molecule has 0 atom stereocenters. The summed E-state index contributed by atoms with van der Waals surface area (Å²) in [6.45, 7) is 3.33. The Morgan fingerprint density at radius 2 is 1.90 bits per heavy atom. The van der Waals surface area contributed by atoms with Crippen molar-refractivity contribution in [1.82, 2.24) is 15.1 Å². The van der Waals surface area contributed by atoms with Gasteiger partial charge in [-0.3, -0.25) is 4.90 Å². The van der Waals surface area contributed by atoms with Crippen molar-refractivity contribution in [3.05, 3.63) is 21.9 Å². The van der Waals surface area contributed by atoms with Gasteiger partial charge in [0, 0.05) is 41.0 Å². The van der Waals surface area contributed by atoms with E-state index in [-0.39, 0.29) is 0 Å². The second-order valence-electron chi connectivity index (χ2n) is 7.17. The smallest absolute Gasteiger partial charge is 0.0330 e. The van der Waals surface area contributed by atoms with Gasteiger partial charge in [0.15, 0.2) is 0 Å². The lowest BCUT2D eigenvalue weighted by molar-refractivity contribution is 0.0261. The maximum Gasteiger partial charge on any atom is 0.0330 e. The first kappa shape index (κ1) is 15.5. The van der Waals surface area contributed by atoms with Crippen LogP contribution in [0.3, 0.4) is 0 Å². The first-order valence-corrected chi connectivity index (χ1v) is 9.06. The molecule has 2 fully saturated rings. The Balaban J connectivity index is 1.48. The molecule has 0 bridgehead atoms. The van der Waals surface area contributed by atoms with Gasteiger partial charge in [-0.25, -0.2) is 0 Å². The van der Waals surface area contributed by atoms with Gasteiger partial charge < -0.3 is 10.2 Å². The maximum absolute atomic E-state index is 3.60. The highest BCUT2D eigenvalue weighted by Crippen LogP contribution is 2.37. The number of rotatable bonds is 8. The second-order valence-corrected chi connectivity index (χ2v) is 8.42. The van der Waals surface area contributed by atoms with E-state index in [0.717, 1.165) is 19.1 Å². The van der Waals surface area contributed by atoms with Gasteiger partial charge in [-0.2, -0.15) is 0 Å². The standard InChI is InChI=1S/C17H29N3S/c1-19(2)17(9-4-10-17)13-20(3)12-16-8-7-15(21-16)11-18-14-5-6-14/h7-8,14,18H,4-6,9-13H2,1-3H3. The van der Waals surface area contributed by atoms with Crippen molar-refractivity contribution in [2.75, 3.05) is 27.7 Å². The van der Waals surface area contributed by atoms with Gasteiger partial charge in [0.05, 0.1) is 0 Å². The largest absolute Gasteiger partial charge is 0.309 e. The molecular weight excluding hydrogens is 278 g/mol. The fourth-order valence-corrected chi connectivity index (χ4v) is 4.34. The van der Waals surface area contributed by atoms with E-state index in [2.05, 4.69) is 48.4 Å². The van der Waals surface area contributed by atoms with Gasteiger partial charge in [-0.1, -0.05) is 0 Å². The van der Waals surface area contributed by atoms with E-state index in [9.17, 15) is 0 Å². The molecule has 3 rings (SSSR count). The van der Waals surface area contributed by atoms with Crippen molar-refractivity contribution in [2.45, 2.75) is 56.8 Å². The fraction of sp³-hybridized carbons (Fsp3) is 0.765. The highest BCUT2D eigenvalue weighted by Gasteiger charge is 2.39. The number of thiophene rings is 1. The van der Waals surface area contributed by atoms with Gasteiger partial charge in [0.1, 0.15) is 0 Å². The molecule has 4 heteroatoms. The molecule has 0 unspecified atom stereocenters. The molecule has 0 saturated heterocycles. The quantitative estimate of drug-likeness (QED) is 0.797. The third kappa shape index (κ3) is 3.86. The molecule has 1 N–H and O–H groups in total. The predicted molar refractivity (Wildman–Crippen MR) is 90.8 cm³/mol. The third-order valence-electron chi connectivity index (χ3n) is 5.08. The van der Waals surface area contributed by atoms with Crippen LogP contribution >= 0.6 is 11.3 Å². The summed E-state index contributed by atoms with van der Waals surface area (Å²) in [7, 11) is 6.74. The normalized spacial score (nSPS) is 21.0. The molecule has 2 saturated carbocycles. The lowest BCUT2D eigenvalue weighted by Gasteiger charge is -2.49. The van der Waals surface area contributed by atoms with E-state index < -0.39 is 0 Å². The summed E-state index contributed by atoms with van der Waals surface area (Å²) in [5.74, 6) is 0. The average Bonchev–Trinajstić information content (AvgIpc) is 3.12. The van der Waals surface area contributed by atoms with Crippen molar-refractivity contribution in [1.29, 1.82) is 0 Å². The Hall–Kier alpha value is -0.420. The van der Waals surface area contributed by atoms with E-state index in [1.54, 1.807) is 0 Å². The predicted octanol–water partition coefficient (Wildman–Crippen LogP) is 2.92. The van der Waals surface area contributed by atoms with Gasteiger partial charge in [0.2, 0.25) is 0 Å². The number of hydrogen-bond donors (Lipinski definition) is 1. The zero-order valence-electron chi connectivity index (χ0n) is 13.7. The van der Waals surface area contributed by atoms with Crippen LogP contribution in [0.5, 0.6) is 0 Å². The molecule has 0 radical (unpaired) electrons. The lowest BCUT2D eigenvalue weighted by Crippen LogP contribution is -2.56. The Kier molecular flexibility index (Phi) is 4.69. The SMILES string of the molecule is CN(Cc1ccc(CNC2CC2)s1)CC1(N(C)C)CCC1. The molecule has 2 aliphatic carbocycles. The first-order chi connectivity index (χ1) is 10.1. The molecule has 0 spiro atoms. The molecule has 1 aromatic heterocycles. The Labute approximate surface area is 133 Å². The zero-order valence-corrected chi connectivity index (χ0v) is 14.5. The lowest BCUT2D eigenvalue weighted by atomic mass is 9.75. The zero-order chi connectivity index (χ0) is 14.9. The number of nitrogens with zero attached hydrogens (tertiary/aromatic N) is 2. The molecule has 0 aliphatic heterocycles. The number of hydrogen-bond acceptors (Lipinski definition) is 4. The van der Waals surface area contributed by atoms with Gasteiger partial charge in [-0.05, 0) is 65.4 Å². The van der Waals surface area contributed by atoms with E-state index >= 15 is 0 Å². The summed E-state index contributed by atoms with van der Waals surface area (Å²) < 4.78 is 0. The molecule has 3 nitrogen and oxygen atoms in total. The van der Waals surface area contributed by atoms with Gasteiger partial charge >= 0.3 is 0 Å². The topological polar surface area (TPSA) is 18.5 Å². The van der Waals surface area contributed by atoms with Gasteiger partial charge in [-0.15, -0.1) is 11.3 Å². The van der Waals surface area contributed by atoms with Gasteiger partial charge in [0.25, 0.3) is 0 Å². The summed E-state index contributed by atoms with van der Waals surface area (Å²) in [5, 5.41) is 3.60. The van der Waals surface area contributed by atoms with Crippen LogP contribution in [0.25, 0.3) is 0 Å². The average molecular weight is 308 g/mol. The molecule has 0 amide bonds. The molecule has 1 heterocycles. The summed E-state index contributed by atoms with van der Waals surface area (Å²) in [5.41, 5.74) is 0.433. The van der Waals surface area contributed by atoms with E-state index in [4.69, 9.17) is 0 Å². The Bertz CT molecular complexity index is 460. The minimum Gasteiger partial charge on any atom is -0.309 e. The molecule has 118 valence electrons. The van der Waals surface area contributed by atoms with E-state index in [1.165, 1.54) is 48.4 Å². The minimum absolute atomic E-state index is 0.433. The van der Waals surface area contributed by atoms with E-state index in [0.29, 0.717) is 5.54 Å². The highest BCUT2D eigenvalue weighted by atomic mass is 32.1.